The Balaban J connectivity index is 1.56. The second-order valence-electron chi connectivity index (χ2n) is 7.06. The highest BCUT2D eigenvalue weighted by atomic mass is 35.5. The van der Waals surface area contributed by atoms with Crippen molar-refractivity contribution in [3.63, 3.8) is 0 Å². The number of hydrogen-bond donors (Lipinski definition) is 3. The maximum absolute atomic E-state index is 12.1. The zero-order valence-corrected chi connectivity index (χ0v) is 17.3. The first kappa shape index (κ1) is 22.4. The van der Waals surface area contributed by atoms with Gasteiger partial charge in [0, 0.05) is 12.8 Å². The fourth-order valence-electron chi connectivity index (χ4n) is 3.14. The van der Waals surface area contributed by atoms with E-state index in [1.54, 1.807) is 18.2 Å². The highest BCUT2D eigenvalue weighted by Gasteiger charge is 2.24. The van der Waals surface area contributed by atoms with E-state index in [9.17, 15) is 15.0 Å². The molecule has 162 valence electrons. The van der Waals surface area contributed by atoms with Crippen LogP contribution in [-0.2, 0) is 16.1 Å². The molecule has 8 heteroatoms. The third kappa shape index (κ3) is 6.34. The normalized spacial score (nSPS) is 16.5. The SMILES string of the molecule is O=C(N[C@H](CO)C(O)c1ccc(OC2CCOCC2)c(Cl)c1)OCc1ccccc1. The van der Waals surface area contributed by atoms with Crippen LogP contribution in [0.15, 0.2) is 48.5 Å². The van der Waals surface area contributed by atoms with Crippen LogP contribution in [-0.4, -0.2) is 48.3 Å². The number of aliphatic hydroxyl groups excluding tert-OH is 2. The summed E-state index contributed by atoms with van der Waals surface area (Å²) in [7, 11) is 0. The standard InChI is InChI=1S/C22H26ClNO6/c23-18-12-16(6-7-20(18)30-17-8-10-28-11-9-17)21(26)19(13-25)24-22(27)29-14-15-4-2-1-3-5-15/h1-7,12,17,19,21,25-26H,8-11,13-14H2,(H,24,27)/t19-,21?/m1/s1. The van der Waals surface area contributed by atoms with E-state index in [4.69, 9.17) is 25.8 Å². The zero-order chi connectivity index (χ0) is 21.3. The van der Waals surface area contributed by atoms with Crippen LogP contribution < -0.4 is 10.1 Å². The number of amides is 1. The van der Waals surface area contributed by atoms with E-state index < -0.39 is 24.8 Å². The molecule has 1 aliphatic heterocycles. The summed E-state index contributed by atoms with van der Waals surface area (Å²) < 4.78 is 16.4. The summed E-state index contributed by atoms with van der Waals surface area (Å²) in [5.41, 5.74) is 1.28. The molecular formula is C22H26ClNO6. The Labute approximate surface area is 180 Å². The van der Waals surface area contributed by atoms with E-state index >= 15 is 0 Å². The molecule has 0 aromatic heterocycles. The van der Waals surface area contributed by atoms with Crippen molar-refractivity contribution in [2.45, 2.75) is 37.7 Å². The van der Waals surface area contributed by atoms with Gasteiger partial charge >= 0.3 is 6.09 Å². The van der Waals surface area contributed by atoms with Crippen LogP contribution in [0.1, 0.15) is 30.1 Å². The second-order valence-corrected chi connectivity index (χ2v) is 7.47. The number of alkyl carbamates (subject to hydrolysis) is 1. The Bertz CT molecular complexity index is 813. The van der Waals surface area contributed by atoms with Crippen molar-refractivity contribution in [2.75, 3.05) is 19.8 Å². The van der Waals surface area contributed by atoms with Crippen LogP contribution in [0.25, 0.3) is 0 Å². The van der Waals surface area contributed by atoms with E-state index in [0.717, 1.165) is 18.4 Å². The third-order valence-corrected chi connectivity index (χ3v) is 5.15. The summed E-state index contributed by atoms with van der Waals surface area (Å²) in [5.74, 6) is 0.523. The molecule has 2 atom stereocenters. The van der Waals surface area contributed by atoms with E-state index in [1.807, 2.05) is 30.3 Å². The van der Waals surface area contributed by atoms with Crippen LogP contribution in [0.5, 0.6) is 5.75 Å². The van der Waals surface area contributed by atoms with Crippen molar-refractivity contribution >= 4 is 17.7 Å². The Morgan fingerprint density at radius 3 is 2.60 bits per heavy atom. The Morgan fingerprint density at radius 2 is 1.93 bits per heavy atom. The fourth-order valence-corrected chi connectivity index (χ4v) is 3.38. The Morgan fingerprint density at radius 1 is 1.20 bits per heavy atom. The van der Waals surface area contributed by atoms with Gasteiger partial charge in [-0.15, -0.1) is 0 Å². The number of nitrogens with one attached hydrogen (secondary N) is 1. The third-order valence-electron chi connectivity index (χ3n) is 4.85. The number of ether oxygens (including phenoxy) is 3. The van der Waals surface area contributed by atoms with Crippen LogP contribution in [0.3, 0.4) is 0 Å². The summed E-state index contributed by atoms with van der Waals surface area (Å²) in [4.78, 5) is 12.1. The molecule has 1 heterocycles. The number of aliphatic hydroxyl groups is 2. The van der Waals surface area contributed by atoms with Gasteiger partial charge in [0.25, 0.3) is 0 Å². The highest BCUT2D eigenvalue weighted by Crippen LogP contribution is 2.31. The minimum atomic E-state index is -1.17. The number of halogens is 1. The van der Waals surface area contributed by atoms with Gasteiger partial charge in [0.05, 0.1) is 30.9 Å². The summed E-state index contributed by atoms with van der Waals surface area (Å²) in [6, 6.07) is 13.2. The van der Waals surface area contributed by atoms with Gasteiger partial charge in [-0.3, -0.25) is 0 Å². The lowest BCUT2D eigenvalue weighted by Gasteiger charge is -2.25. The maximum Gasteiger partial charge on any atom is 0.407 e. The Kier molecular flexibility index (Phi) is 8.33. The van der Waals surface area contributed by atoms with Crippen molar-refractivity contribution in [2.24, 2.45) is 0 Å². The summed E-state index contributed by atoms with van der Waals surface area (Å²) in [6.07, 6.45) is -0.278. The van der Waals surface area contributed by atoms with Crippen molar-refractivity contribution in [1.82, 2.24) is 5.32 Å². The molecule has 7 nitrogen and oxygen atoms in total. The van der Waals surface area contributed by atoms with E-state index in [2.05, 4.69) is 5.32 Å². The number of benzene rings is 2. The molecule has 2 aromatic rings. The lowest BCUT2D eigenvalue weighted by Crippen LogP contribution is -2.42. The van der Waals surface area contributed by atoms with E-state index in [1.165, 1.54) is 0 Å². The second kappa shape index (κ2) is 11.2. The molecule has 1 amide bonds. The maximum atomic E-state index is 12.1. The molecule has 1 unspecified atom stereocenters. The molecule has 3 rings (SSSR count). The Hall–Kier alpha value is -2.32. The van der Waals surface area contributed by atoms with Crippen molar-refractivity contribution in [3.05, 3.63) is 64.7 Å². The molecule has 2 aromatic carbocycles. The van der Waals surface area contributed by atoms with E-state index in [0.29, 0.717) is 29.5 Å². The number of carbonyl (C=O) groups is 1. The first-order valence-electron chi connectivity index (χ1n) is 9.87. The quantitative estimate of drug-likeness (QED) is 0.589. The number of hydrogen-bond acceptors (Lipinski definition) is 6. The molecule has 3 N–H and O–H groups in total. The lowest BCUT2D eigenvalue weighted by molar-refractivity contribution is 0.0255. The van der Waals surface area contributed by atoms with Crippen LogP contribution in [0.2, 0.25) is 5.02 Å². The highest BCUT2D eigenvalue weighted by molar-refractivity contribution is 6.32. The van der Waals surface area contributed by atoms with Gasteiger partial charge in [-0.25, -0.2) is 4.79 Å². The van der Waals surface area contributed by atoms with Gasteiger partial charge in [0.1, 0.15) is 24.6 Å². The first-order chi connectivity index (χ1) is 14.6. The molecule has 0 spiro atoms. The number of carbonyl (C=O) groups excluding carboxylic acids is 1. The molecule has 0 saturated carbocycles. The molecule has 1 fully saturated rings. The average Bonchev–Trinajstić information content (AvgIpc) is 2.78. The summed E-state index contributed by atoms with van der Waals surface area (Å²) >= 11 is 6.32. The van der Waals surface area contributed by atoms with Crippen molar-refractivity contribution < 1.29 is 29.2 Å². The minimum absolute atomic E-state index is 0.0401. The molecule has 0 aliphatic carbocycles. The van der Waals surface area contributed by atoms with Gasteiger partial charge in [-0.2, -0.15) is 0 Å². The molecule has 1 aliphatic rings. The average molecular weight is 436 g/mol. The van der Waals surface area contributed by atoms with Gasteiger partial charge in [0.2, 0.25) is 0 Å². The van der Waals surface area contributed by atoms with Crippen LogP contribution >= 0.6 is 11.6 Å². The van der Waals surface area contributed by atoms with Crippen LogP contribution in [0.4, 0.5) is 4.79 Å². The van der Waals surface area contributed by atoms with Crippen LogP contribution in [0, 0.1) is 0 Å². The smallest absolute Gasteiger partial charge is 0.407 e. The first-order valence-corrected chi connectivity index (χ1v) is 10.2. The fraction of sp³-hybridized carbons (Fsp3) is 0.409. The predicted molar refractivity (Wildman–Crippen MR) is 112 cm³/mol. The largest absolute Gasteiger partial charge is 0.489 e. The minimum Gasteiger partial charge on any atom is -0.489 e. The van der Waals surface area contributed by atoms with Gasteiger partial charge in [-0.05, 0) is 23.3 Å². The molecule has 30 heavy (non-hydrogen) atoms. The summed E-state index contributed by atoms with van der Waals surface area (Å²) in [6.45, 7) is 0.928. The zero-order valence-electron chi connectivity index (χ0n) is 16.5. The van der Waals surface area contributed by atoms with Crippen molar-refractivity contribution in [3.8, 4) is 5.75 Å². The van der Waals surface area contributed by atoms with E-state index in [-0.39, 0.29) is 12.7 Å². The molecule has 0 radical (unpaired) electrons. The molecule has 0 bridgehead atoms. The van der Waals surface area contributed by atoms with Crippen molar-refractivity contribution in [1.29, 1.82) is 0 Å². The number of rotatable bonds is 8. The summed E-state index contributed by atoms with van der Waals surface area (Å²) in [5, 5.41) is 23.1. The molecule has 1 saturated heterocycles. The van der Waals surface area contributed by atoms with Gasteiger partial charge < -0.3 is 29.7 Å². The monoisotopic (exact) mass is 435 g/mol. The predicted octanol–water partition coefficient (Wildman–Crippen LogP) is 3.22. The van der Waals surface area contributed by atoms with Gasteiger partial charge in [-0.1, -0.05) is 48.0 Å². The topological polar surface area (TPSA) is 97.3 Å². The lowest BCUT2D eigenvalue weighted by atomic mass is 10.0. The molecular weight excluding hydrogens is 410 g/mol. The van der Waals surface area contributed by atoms with Gasteiger partial charge in [0.15, 0.2) is 0 Å².